The number of aromatic nitrogens is 3. The van der Waals surface area contributed by atoms with Crippen molar-refractivity contribution in [3.8, 4) is 0 Å². The molecule has 0 aliphatic heterocycles. The molecule has 29 heavy (non-hydrogen) atoms. The Morgan fingerprint density at radius 1 is 1.28 bits per heavy atom. The Morgan fingerprint density at radius 3 is 2.79 bits per heavy atom. The molecule has 0 fully saturated rings. The van der Waals surface area contributed by atoms with Crippen LogP contribution in [-0.4, -0.2) is 26.3 Å². The highest BCUT2D eigenvalue weighted by Gasteiger charge is 2.20. The quantitative estimate of drug-likeness (QED) is 0.323. The maximum atomic E-state index is 12.9. The van der Waals surface area contributed by atoms with Gasteiger partial charge >= 0.3 is 5.69 Å². The number of carbonyl (C=O) groups excluding carboxylic acids is 1. The third kappa shape index (κ3) is 3.90. The monoisotopic (exact) mass is 443 g/mol. The zero-order valence-corrected chi connectivity index (χ0v) is 18.2. The summed E-state index contributed by atoms with van der Waals surface area (Å²) in [4.78, 5) is 25.9. The van der Waals surface area contributed by atoms with Crippen LogP contribution < -0.4 is 5.69 Å². The average Bonchev–Trinajstić information content (AvgIpc) is 3.26. The van der Waals surface area contributed by atoms with E-state index in [0.717, 1.165) is 26.1 Å². The molecule has 0 unspecified atom stereocenters. The van der Waals surface area contributed by atoms with Gasteiger partial charge in [0.25, 0.3) is 0 Å². The van der Waals surface area contributed by atoms with E-state index >= 15 is 0 Å². The lowest BCUT2D eigenvalue weighted by atomic mass is 10.1. The third-order valence-corrected chi connectivity index (χ3v) is 7.33. The van der Waals surface area contributed by atoms with Gasteiger partial charge in [0.2, 0.25) is 0 Å². The molecular formula is C21H18ClN3O2S2. The van der Waals surface area contributed by atoms with E-state index in [-0.39, 0.29) is 23.3 Å². The lowest BCUT2D eigenvalue weighted by molar-refractivity contribution is 0.102. The molecule has 0 aliphatic carbocycles. The number of carbonyl (C=O) groups is 1. The van der Waals surface area contributed by atoms with E-state index in [0.29, 0.717) is 10.2 Å². The normalized spacial score (nSPS) is 12.4. The van der Waals surface area contributed by atoms with Gasteiger partial charge in [-0.25, -0.2) is 9.89 Å². The van der Waals surface area contributed by atoms with Gasteiger partial charge in [0, 0.05) is 9.72 Å². The van der Waals surface area contributed by atoms with Crippen LogP contribution in [0, 0.1) is 6.92 Å². The maximum absolute atomic E-state index is 12.9. The number of benzene rings is 2. The van der Waals surface area contributed by atoms with Crippen molar-refractivity contribution in [2.75, 3.05) is 5.75 Å². The van der Waals surface area contributed by atoms with E-state index < -0.39 is 0 Å². The van der Waals surface area contributed by atoms with Crippen LogP contribution in [0.4, 0.5) is 0 Å². The van der Waals surface area contributed by atoms with Crippen LogP contribution in [0.15, 0.2) is 58.5 Å². The van der Waals surface area contributed by atoms with Crippen LogP contribution in [0.2, 0.25) is 5.02 Å². The number of hydrogen-bond donors (Lipinski definition) is 1. The summed E-state index contributed by atoms with van der Waals surface area (Å²) in [7, 11) is 0. The van der Waals surface area contributed by atoms with Crippen LogP contribution in [0.25, 0.3) is 10.1 Å². The van der Waals surface area contributed by atoms with Crippen LogP contribution in [0.1, 0.15) is 33.8 Å². The van der Waals surface area contributed by atoms with E-state index in [2.05, 4.69) is 10.2 Å². The lowest BCUT2D eigenvalue weighted by Crippen LogP contribution is -2.22. The molecule has 0 amide bonds. The van der Waals surface area contributed by atoms with E-state index in [4.69, 9.17) is 11.6 Å². The van der Waals surface area contributed by atoms with Crippen molar-refractivity contribution in [2.24, 2.45) is 0 Å². The van der Waals surface area contributed by atoms with Crippen molar-refractivity contribution >= 4 is 50.6 Å². The van der Waals surface area contributed by atoms with Crippen molar-refractivity contribution in [1.29, 1.82) is 0 Å². The lowest BCUT2D eigenvalue weighted by Gasteiger charge is -2.14. The highest BCUT2D eigenvalue weighted by Crippen LogP contribution is 2.34. The van der Waals surface area contributed by atoms with Crippen LogP contribution in [-0.2, 0) is 0 Å². The molecule has 0 saturated carbocycles. The molecule has 2 aromatic carbocycles. The fourth-order valence-corrected chi connectivity index (χ4v) is 5.55. The summed E-state index contributed by atoms with van der Waals surface area (Å²) in [5, 5.41) is 8.79. The van der Waals surface area contributed by atoms with E-state index in [9.17, 15) is 9.59 Å². The number of H-pyrrole nitrogens is 1. The summed E-state index contributed by atoms with van der Waals surface area (Å²) in [5.74, 6) is 0.215. The first-order valence-electron chi connectivity index (χ1n) is 9.02. The molecule has 0 aliphatic rings. The molecule has 5 nitrogen and oxygen atoms in total. The number of Topliss-reactive ketones (excluding diaryl/α,β-unsaturated/α-hetero) is 1. The fraction of sp³-hybridized carbons (Fsp3) is 0.190. The summed E-state index contributed by atoms with van der Waals surface area (Å²) in [5.41, 5.74) is 1.65. The van der Waals surface area contributed by atoms with Gasteiger partial charge in [0.15, 0.2) is 10.9 Å². The Hall–Kier alpha value is -2.35. The number of aromatic amines is 1. The molecular weight excluding hydrogens is 426 g/mol. The zero-order chi connectivity index (χ0) is 20.5. The number of thiophene rings is 1. The molecule has 0 saturated heterocycles. The van der Waals surface area contributed by atoms with Gasteiger partial charge < -0.3 is 0 Å². The van der Waals surface area contributed by atoms with E-state index in [1.54, 1.807) is 4.57 Å². The number of ketones is 1. The predicted molar refractivity (Wildman–Crippen MR) is 120 cm³/mol. The number of fused-ring (bicyclic) bond motifs is 1. The van der Waals surface area contributed by atoms with Crippen LogP contribution in [0.5, 0.6) is 0 Å². The van der Waals surface area contributed by atoms with Gasteiger partial charge in [-0.05, 0) is 48.6 Å². The Labute approximate surface area is 180 Å². The van der Waals surface area contributed by atoms with Crippen molar-refractivity contribution in [3.63, 3.8) is 0 Å². The van der Waals surface area contributed by atoms with Crippen molar-refractivity contribution < 1.29 is 4.79 Å². The smallest absolute Gasteiger partial charge is 0.292 e. The zero-order valence-electron chi connectivity index (χ0n) is 15.8. The first-order valence-corrected chi connectivity index (χ1v) is 11.2. The standard InChI is InChI=1S/C21H18ClN3O2S2/c1-12-16-10-15(22)8-9-18(16)29-19(12)17(26)11-28-21-24-23-20(27)25(21)13(2)14-6-4-3-5-7-14/h3-10,13H,11H2,1-2H3,(H,23,27)/t13-/m1/s1. The topological polar surface area (TPSA) is 67.8 Å². The summed E-state index contributed by atoms with van der Waals surface area (Å²) in [6.07, 6.45) is 0. The summed E-state index contributed by atoms with van der Waals surface area (Å²) in [6, 6.07) is 15.2. The summed E-state index contributed by atoms with van der Waals surface area (Å²) in [6.45, 7) is 3.88. The van der Waals surface area contributed by atoms with Gasteiger partial charge in [-0.1, -0.05) is 53.7 Å². The van der Waals surface area contributed by atoms with Crippen molar-refractivity contribution in [2.45, 2.75) is 25.0 Å². The maximum Gasteiger partial charge on any atom is 0.344 e. The highest BCUT2D eigenvalue weighted by atomic mass is 35.5. The Balaban J connectivity index is 1.57. The van der Waals surface area contributed by atoms with Gasteiger partial charge in [-0.15, -0.1) is 16.4 Å². The van der Waals surface area contributed by atoms with Crippen LogP contribution >= 0.6 is 34.7 Å². The molecule has 8 heteroatoms. The number of thioether (sulfide) groups is 1. The Bertz CT molecular complexity index is 1240. The number of halogens is 1. The molecule has 2 aromatic heterocycles. The van der Waals surface area contributed by atoms with Gasteiger partial charge in [0.1, 0.15) is 0 Å². The van der Waals surface area contributed by atoms with Crippen molar-refractivity contribution in [1.82, 2.24) is 14.8 Å². The molecule has 1 N–H and O–H groups in total. The molecule has 148 valence electrons. The van der Waals surface area contributed by atoms with Gasteiger partial charge in [-0.2, -0.15) is 0 Å². The minimum absolute atomic E-state index is 0.0131. The molecule has 4 rings (SSSR count). The molecule has 0 spiro atoms. The molecule has 1 atom stereocenters. The Kier molecular flexibility index (Phi) is 5.63. The predicted octanol–water partition coefficient (Wildman–Crippen LogP) is 5.33. The number of rotatable bonds is 6. The SMILES string of the molecule is Cc1c(C(=O)CSc2n[nH]c(=O)n2[C@H](C)c2ccccc2)sc2ccc(Cl)cc12. The first-order chi connectivity index (χ1) is 14.0. The summed E-state index contributed by atoms with van der Waals surface area (Å²) < 4.78 is 2.62. The number of nitrogens with zero attached hydrogens (tertiary/aromatic N) is 2. The first kappa shape index (κ1) is 19.9. The second-order valence-corrected chi connectivity index (χ2v) is 9.11. The van der Waals surface area contributed by atoms with E-state index in [1.165, 1.54) is 23.1 Å². The van der Waals surface area contributed by atoms with Gasteiger partial charge in [0.05, 0.1) is 16.7 Å². The second kappa shape index (κ2) is 8.18. The minimum atomic E-state index is -0.288. The average molecular weight is 444 g/mol. The van der Waals surface area contributed by atoms with Crippen molar-refractivity contribution in [3.05, 3.63) is 80.0 Å². The third-order valence-electron chi connectivity index (χ3n) is 4.83. The fourth-order valence-electron chi connectivity index (χ4n) is 3.27. The minimum Gasteiger partial charge on any atom is -0.292 e. The Morgan fingerprint density at radius 2 is 2.03 bits per heavy atom. The number of hydrogen-bond acceptors (Lipinski definition) is 5. The summed E-state index contributed by atoms with van der Waals surface area (Å²) >= 11 is 8.83. The second-order valence-electron chi connectivity index (χ2n) is 6.68. The molecule has 2 heterocycles. The van der Waals surface area contributed by atoms with Gasteiger partial charge in [-0.3, -0.25) is 9.36 Å². The largest absolute Gasteiger partial charge is 0.344 e. The van der Waals surface area contributed by atoms with E-state index in [1.807, 2.05) is 62.4 Å². The number of nitrogens with one attached hydrogen (secondary N) is 1. The molecule has 4 aromatic rings. The molecule has 0 bridgehead atoms. The highest BCUT2D eigenvalue weighted by molar-refractivity contribution is 7.99. The van der Waals surface area contributed by atoms with Crippen LogP contribution in [0.3, 0.4) is 0 Å². The molecule has 0 radical (unpaired) electrons. The number of aryl methyl sites for hydroxylation is 1.